The molecule has 0 fully saturated rings. The van der Waals surface area contributed by atoms with E-state index in [1.165, 1.54) is 0 Å². The molecule has 16 heavy (non-hydrogen) atoms. The van der Waals surface area contributed by atoms with Gasteiger partial charge in [-0.3, -0.25) is 0 Å². The van der Waals surface area contributed by atoms with E-state index in [4.69, 9.17) is 15.6 Å². The van der Waals surface area contributed by atoms with E-state index in [9.17, 15) is 0 Å². The van der Waals surface area contributed by atoms with E-state index in [0.717, 1.165) is 29.7 Å². The van der Waals surface area contributed by atoms with Gasteiger partial charge in [0.1, 0.15) is 5.75 Å². The molecule has 0 saturated carbocycles. The van der Waals surface area contributed by atoms with Gasteiger partial charge in [-0.25, -0.2) is 0 Å². The third-order valence-electron chi connectivity index (χ3n) is 2.60. The van der Waals surface area contributed by atoms with E-state index < -0.39 is 0 Å². The van der Waals surface area contributed by atoms with Gasteiger partial charge < -0.3 is 15.6 Å². The zero-order valence-corrected chi connectivity index (χ0v) is 10.1. The Bertz CT molecular complexity index is 326. The normalized spacial score (nSPS) is 12.5. The molecular formula is C13H21NO2. The molecule has 1 atom stereocenters. The summed E-state index contributed by atoms with van der Waals surface area (Å²) in [6, 6.07) is 6.03. The van der Waals surface area contributed by atoms with Gasteiger partial charge in [-0.1, -0.05) is 12.1 Å². The predicted molar refractivity (Wildman–Crippen MR) is 65.6 cm³/mol. The number of aliphatic hydroxyl groups is 1. The van der Waals surface area contributed by atoms with Crippen molar-refractivity contribution in [2.24, 2.45) is 5.73 Å². The molecule has 0 aliphatic rings. The molecule has 3 nitrogen and oxygen atoms in total. The van der Waals surface area contributed by atoms with Crippen LogP contribution in [0.2, 0.25) is 0 Å². The number of aryl methyl sites for hydroxylation is 1. The third kappa shape index (κ3) is 3.51. The summed E-state index contributed by atoms with van der Waals surface area (Å²) in [5, 5.41) is 8.76. The van der Waals surface area contributed by atoms with Crippen molar-refractivity contribution in [2.75, 3.05) is 13.2 Å². The fourth-order valence-corrected chi connectivity index (χ4v) is 1.70. The van der Waals surface area contributed by atoms with Gasteiger partial charge in [-0.15, -0.1) is 0 Å². The van der Waals surface area contributed by atoms with Crippen LogP contribution in [0.4, 0.5) is 0 Å². The first-order valence-electron chi connectivity index (χ1n) is 5.78. The van der Waals surface area contributed by atoms with Gasteiger partial charge in [-0.2, -0.15) is 0 Å². The van der Waals surface area contributed by atoms with Gasteiger partial charge in [0.25, 0.3) is 0 Å². The molecule has 0 heterocycles. The Morgan fingerprint density at radius 2 is 2.19 bits per heavy atom. The number of rotatable bonds is 6. The van der Waals surface area contributed by atoms with Crippen LogP contribution >= 0.6 is 0 Å². The van der Waals surface area contributed by atoms with E-state index in [2.05, 4.69) is 6.07 Å². The Kier molecular flexibility index (Phi) is 5.29. The first-order valence-corrected chi connectivity index (χ1v) is 5.78. The van der Waals surface area contributed by atoms with E-state index in [1.54, 1.807) is 0 Å². The smallest absolute Gasteiger partial charge is 0.122 e. The highest BCUT2D eigenvalue weighted by atomic mass is 16.5. The molecule has 0 bridgehead atoms. The van der Waals surface area contributed by atoms with E-state index >= 15 is 0 Å². The molecule has 0 radical (unpaired) electrons. The van der Waals surface area contributed by atoms with E-state index in [0.29, 0.717) is 6.61 Å². The first-order chi connectivity index (χ1) is 7.69. The lowest BCUT2D eigenvalue weighted by atomic mass is 10.0. The van der Waals surface area contributed by atoms with E-state index in [-0.39, 0.29) is 12.6 Å². The highest BCUT2D eigenvalue weighted by Gasteiger charge is 2.07. The molecule has 0 aliphatic heterocycles. The Morgan fingerprint density at radius 3 is 2.75 bits per heavy atom. The van der Waals surface area contributed by atoms with Crippen LogP contribution in [0, 0.1) is 6.92 Å². The van der Waals surface area contributed by atoms with Gasteiger partial charge in [0, 0.05) is 12.6 Å². The monoisotopic (exact) mass is 223 g/mol. The van der Waals surface area contributed by atoms with Crippen LogP contribution in [0.1, 0.15) is 36.9 Å². The van der Waals surface area contributed by atoms with Crippen molar-refractivity contribution in [1.29, 1.82) is 0 Å². The molecule has 0 saturated heterocycles. The fourth-order valence-electron chi connectivity index (χ4n) is 1.70. The van der Waals surface area contributed by atoms with Crippen molar-refractivity contribution in [3.05, 3.63) is 29.3 Å². The van der Waals surface area contributed by atoms with E-state index in [1.807, 2.05) is 26.0 Å². The lowest BCUT2D eigenvalue weighted by Crippen LogP contribution is -2.11. The summed E-state index contributed by atoms with van der Waals surface area (Å²) < 4.78 is 5.47. The standard InChI is InChI=1S/C13H21NO2/c1-3-16-13-7-6-11(9-10(13)2)12(14)5-4-8-15/h6-7,9,12,15H,3-5,8,14H2,1-2H3. The Balaban J connectivity index is 2.71. The van der Waals surface area contributed by atoms with Crippen molar-refractivity contribution in [2.45, 2.75) is 32.7 Å². The Morgan fingerprint density at radius 1 is 1.44 bits per heavy atom. The number of benzene rings is 1. The van der Waals surface area contributed by atoms with Gasteiger partial charge in [0.15, 0.2) is 0 Å². The minimum atomic E-state index is 0.00141. The van der Waals surface area contributed by atoms with Crippen molar-refractivity contribution in [3.63, 3.8) is 0 Å². The zero-order valence-electron chi connectivity index (χ0n) is 10.1. The van der Waals surface area contributed by atoms with Crippen molar-refractivity contribution < 1.29 is 9.84 Å². The number of hydrogen-bond acceptors (Lipinski definition) is 3. The molecule has 3 heteroatoms. The summed E-state index contributed by atoms with van der Waals surface area (Å²) in [5.41, 5.74) is 8.24. The maximum absolute atomic E-state index is 8.76. The number of hydrogen-bond donors (Lipinski definition) is 2. The molecule has 0 amide bonds. The SMILES string of the molecule is CCOc1ccc(C(N)CCCO)cc1C. The second-order valence-electron chi connectivity index (χ2n) is 3.93. The molecule has 0 aromatic heterocycles. The van der Waals surface area contributed by atoms with Crippen LogP contribution in [-0.4, -0.2) is 18.3 Å². The van der Waals surface area contributed by atoms with Crippen molar-refractivity contribution >= 4 is 0 Å². The average Bonchev–Trinajstić information content (AvgIpc) is 2.29. The number of aliphatic hydroxyl groups excluding tert-OH is 1. The predicted octanol–water partition coefficient (Wildman–Crippen LogP) is 2.17. The van der Waals surface area contributed by atoms with Gasteiger partial charge >= 0.3 is 0 Å². The number of nitrogens with two attached hydrogens (primary N) is 1. The molecule has 1 rings (SSSR count). The maximum Gasteiger partial charge on any atom is 0.122 e. The summed E-state index contributed by atoms with van der Waals surface area (Å²) in [4.78, 5) is 0. The minimum Gasteiger partial charge on any atom is -0.494 e. The van der Waals surface area contributed by atoms with Crippen molar-refractivity contribution in [1.82, 2.24) is 0 Å². The molecule has 90 valence electrons. The fraction of sp³-hybridized carbons (Fsp3) is 0.538. The molecule has 1 aromatic carbocycles. The van der Waals surface area contributed by atoms with Gasteiger partial charge in [-0.05, 0) is 43.9 Å². The van der Waals surface area contributed by atoms with Gasteiger partial charge in [0.2, 0.25) is 0 Å². The number of ether oxygens (including phenoxy) is 1. The molecule has 0 aliphatic carbocycles. The third-order valence-corrected chi connectivity index (χ3v) is 2.60. The Hall–Kier alpha value is -1.06. The summed E-state index contributed by atoms with van der Waals surface area (Å²) in [6.07, 6.45) is 1.55. The highest BCUT2D eigenvalue weighted by molar-refractivity contribution is 5.37. The lowest BCUT2D eigenvalue weighted by Gasteiger charge is -2.14. The van der Waals surface area contributed by atoms with Crippen LogP contribution in [0.15, 0.2) is 18.2 Å². The van der Waals surface area contributed by atoms with Gasteiger partial charge in [0.05, 0.1) is 6.61 Å². The molecular weight excluding hydrogens is 202 g/mol. The van der Waals surface area contributed by atoms with Crippen LogP contribution in [0.5, 0.6) is 5.75 Å². The topological polar surface area (TPSA) is 55.5 Å². The largest absolute Gasteiger partial charge is 0.494 e. The summed E-state index contributed by atoms with van der Waals surface area (Å²) in [7, 11) is 0. The van der Waals surface area contributed by atoms with Crippen molar-refractivity contribution in [3.8, 4) is 5.75 Å². The average molecular weight is 223 g/mol. The zero-order chi connectivity index (χ0) is 12.0. The van der Waals surface area contributed by atoms with Crippen LogP contribution in [0.3, 0.4) is 0 Å². The maximum atomic E-state index is 8.76. The summed E-state index contributed by atoms with van der Waals surface area (Å²) in [5.74, 6) is 0.917. The second kappa shape index (κ2) is 6.51. The minimum absolute atomic E-state index is 0.00141. The van der Waals surface area contributed by atoms with Crippen LogP contribution in [0.25, 0.3) is 0 Å². The van der Waals surface area contributed by atoms with Crippen LogP contribution in [-0.2, 0) is 0 Å². The lowest BCUT2D eigenvalue weighted by molar-refractivity contribution is 0.280. The molecule has 1 aromatic rings. The Labute approximate surface area is 97.2 Å². The first kappa shape index (κ1) is 13.0. The molecule has 1 unspecified atom stereocenters. The molecule has 3 N–H and O–H groups in total. The molecule has 0 spiro atoms. The van der Waals surface area contributed by atoms with Crippen LogP contribution < -0.4 is 10.5 Å². The highest BCUT2D eigenvalue weighted by Crippen LogP contribution is 2.23. The second-order valence-corrected chi connectivity index (χ2v) is 3.93. The summed E-state index contributed by atoms with van der Waals surface area (Å²) >= 11 is 0. The quantitative estimate of drug-likeness (QED) is 0.777. The summed E-state index contributed by atoms with van der Waals surface area (Å²) in [6.45, 7) is 4.87.